The largest absolute Gasteiger partial charge is 0.397 e. The monoisotopic (exact) mass is 465 g/mol. The van der Waals surface area contributed by atoms with Crippen LogP contribution in [0.3, 0.4) is 0 Å². The summed E-state index contributed by atoms with van der Waals surface area (Å²) in [6.45, 7) is 2.37. The van der Waals surface area contributed by atoms with Crippen molar-refractivity contribution in [1.29, 1.82) is 0 Å². The first-order valence-corrected chi connectivity index (χ1v) is 11.6. The molecule has 0 bridgehead atoms. The molecule has 5 N–H and O–H groups in total. The van der Waals surface area contributed by atoms with Crippen LogP contribution in [-0.2, 0) is 19.4 Å². The third-order valence-electron chi connectivity index (χ3n) is 6.01. The smallest absolute Gasteiger partial charge is 0.255 e. The second-order valence-electron chi connectivity index (χ2n) is 8.64. The van der Waals surface area contributed by atoms with E-state index in [1.807, 2.05) is 31.2 Å². The highest BCUT2D eigenvalue weighted by atomic mass is 16.1. The van der Waals surface area contributed by atoms with Gasteiger partial charge in [-0.05, 0) is 60.7 Å². The Balaban J connectivity index is 1.18. The van der Waals surface area contributed by atoms with Crippen molar-refractivity contribution in [2.75, 3.05) is 21.7 Å². The molecule has 0 spiro atoms. The fourth-order valence-electron chi connectivity index (χ4n) is 4.23. The third-order valence-corrected chi connectivity index (χ3v) is 6.01. The second-order valence-corrected chi connectivity index (χ2v) is 8.64. The maximum Gasteiger partial charge on any atom is 0.255 e. The minimum absolute atomic E-state index is 0.208. The summed E-state index contributed by atoms with van der Waals surface area (Å²) in [6, 6.07) is 23.3. The summed E-state index contributed by atoms with van der Waals surface area (Å²) in [7, 11) is 0. The van der Waals surface area contributed by atoms with E-state index in [2.05, 4.69) is 55.2 Å². The number of carbonyl (C=O) groups is 1. The number of rotatable bonds is 7. The van der Waals surface area contributed by atoms with Crippen LogP contribution in [0.1, 0.15) is 32.9 Å². The van der Waals surface area contributed by atoms with Gasteiger partial charge in [0.05, 0.1) is 11.4 Å². The molecule has 1 amide bonds. The first-order chi connectivity index (χ1) is 17.0. The van der Waals surface area contributed by atoms with Crippen LogP contribution in [0, 0.1) is 6.92 Å². The molecule has 3 aromatic carbocycles. The van der Waals surface area contributed by atoms with Crippen LogP contribution in [0.4, 0.5) is 23.3 Å². The summed E-state index contributed by atoms with van der Waals surface area (Å²) in [4.78, 5) is 26.0. The molecule has 8 heteroatoms. The summed E-state index contributed by atoms with van der Waals surface area (Å²) in [5.41, 5.74) is 11.3. The minimum atomic E-state index is -0.208. The SMILES string of the molecule is Cc1nc(NCc2ccc(C(=O)Nc3ccccc3N)cc2)nc(NC2Cc3ccccc3C2)n1. The Morgan fingerprint density at radius 2 is 1.54 bits per heavy atom. The van der Waals surface area contributed by atoms with Crippen molar-refractivity contribution in [2.45, 2.75) is 32.4 Å². The number of amides is 1. The van der Waals surface area contributed by atoms with Crippen LogP contribution in [0.2, 0.25) is 0 Å². The zero-order valence-corrected chi connectivity index (χ0v) is 19.5. The van der Waals surface area contributed by atoms with Gasteiger partial charge in [-0.1, -0.05) is 48.5 Å². The first kappa shape index (κ1) is 22.3. The number of aromatic nitrogens is 3. The topological polar surface area (TPSA) is 118 Å². The van der Waals surface area contributed by atoms with Crippen molar-refractivity contribution in [3.05, 3.63) is 101 Å². The lowest BCUT2D eigenvalue weighted by atomic mass is 10.1. The predicted octanol–water partition coefficient (Wildman–Crippen LogP) is 4.21. The summed E-state index contributed by atoms with van der Waals surface area (Å²) in [5, 5.41) is 9.55. The fourth-order valence-corrected chi connectivity index (χ4v) is 4.23. The lowest BCUT2D eigenvalue weighted by Crippen LogP contribution is -2.22. The van der Waals surface area contributed by atoms with Crippen LogP contribution >= 0.6 is 0 Å². The van der Waals surface area contributed by atoms with Crippen molar-refractivity contribution in [3.63, 3.8) is 0 Å². The van der Waals surface area contributed by atoms with Crippen LogP contribution in [-0.4, -0.2) is 26.9 Å². The molecule has 8 nitrogen and oxygen atoms in total. The number of fused-ring (bicyclic) bond motifs is 1. The predicted molar refractivity (Wildman–Crippen MR) is 138 cm³/mol. The Labute approximate surface area is 204 Å². The third kappa shape index (κ3) is 5.38. The molecule has 1 aromatic heterocycles. The second kappa shape index (κ2) is 9.80. The van der Waals surface area contributed by atoms with Crippen LogP contribution in [0.15, 0.2) is 72.8 Å². The quantitative estimate of drug-likeness (QED) is 0.302. The summed E-state index contributed by atoms with van der Waals surface area (Å²) >= 11 is 0. The molecule has 4 aromatic rings. The number of hydrogen-bond donors (Lipinski definition) is 4. The maximum atomic E-state index is 12.5. The van der Waals surface area contributed by atoms with E-state index >= 15 is 0 Å². The van der Waals surface area contributed by atoms with E-state index in [0.29, 0.717) is 41.2 Å². The fraction of sp³-hybridized carbons (Fsp3) is 0.185. The molecule has 5 rings (SSSR count). The molecule has 0 unspecified atom stereocenters. The molecule has 1 aliphatic rings. The van der Waals surface area contributed by atoms with Gasteiger partial charge in [0.15, 0.2) is 0 Å². The minimum Gasteiger partial charge on any atom is -0.397 e. The van der Waals surface area contributed by atoms with Gasteiger partial charge < -0.3 is 21.7 Å². The van der Waals surface area contributed by atoms with E-state index in [0.717, 1.165) is 18.4 Å². The molecular weight excluding hydrogens is 438 g/mol. The summed E-state index contributed by atoms with van der Waals surface area (Å²) in [6.07, 6.45) is 1.92. The Bertz CT molecular complexity index is 1330. The number of para-hydroxylation sites is 2. The van der Waals surface area contributed by atoms with Crippen molar-refractivity contribution in [1.82, 2.24) is 15.0 Å². The zero-order valence-electron chi connectivity index (χ0n) is 19.5. The molecule has 0 aliphatic heterocycles. The van der Waals surface area contributed by atoms with E-state index in [9.17, 15) is 4.79 Å². The Hall–Kier alpha value is -4.46. The van der Waals surface area contributed by atoms with Gasteiger partial charge in [0, 0.05) is 18.2 Å². The normalized spacial score (nSPS) is 12.7. The van der Waals surface area contributed by atoms with Crippen molar-refractivity contribution in [2.24, 2.45) is 0 Å². The van der Waals surface area contributed by atoms with E-state index in [1.165, 1.54) is 11.1 Å². The van der Waals surface area contributed by atoms with Crippen LogP contribution in [0.25, 0.3) is 0 Å². The van der Waals surface area contributed by atoms with E-state index in [1.54, 1.807) is 24.3 Å². The van der Waals surface area contributed by atoms with E-state index in [-0.39, 0.29) is 11.9 Å². The van der Waals surface area contributed by atoms with Crippen LogP contribution in [0.5, 0.6) is 0 Å². The van der Waals surface area contributed by atoms with Gasteiger partial charge in [-0.15, -0.1) is 0 Å². The molecule has 1 heterocycles. The van der Waals surface area contributed by atoms with Gasteiger partial charge in [-0.25, -0.2) is 0 Å². The number of nitrogens with one attached hydrogen (secondary N) is 3. The summed E-state index contributed by atoms with van der Waals surface area (Å²) < 4.78 is 0. The van der Waals surface area contributed by atoms with Gasteiger partial charge in [0.2, 0.25) is 11.9 Å². The van der Waals surface area contributed by atoms with Gasteiger partial charge >= 0.3 is 0 Å². The summed E-state index contributed by atoms with van der Waals surface area (Å²) in [5.74, 6) is 1.52. The number of hydrogen-bond acceptors (Lipinski definition) is 7. The molecule has 0 fully saturated rings. The van der Waals surface area contributed by atoms with Gasteiger partial charge in [-0.3, -0.25) is 4.79 Å². The number of nitrogens with two attached hydrogens (primary N) is 1. The zero-order chi connectivity index (χ0) is 24.2. The average molecular weight is 466 g/mol. The molecular formula is C27H27N7O. The molecule has 0 atom stereocenters. The lowest BCUT2D eigenvalue weighted by Gasteiger charge is -2.13. The first-order valence-electron chi connectivity index (χ1n) is 11.6. The number of carbonyl (C=O) groups excluding carboxylic acids is 1. The van der Waals surface area contributed by atoms with Crippen molar-refractivity contribution < 1.29 is 4.79 Å². The number of nitrogens with zero attached hydrogens (tertiary/aromatic N) is 3. The Morgan fingerprint density at radius 3 is 2.26 bits per heavy atom. The van der Waals surface area contributed by atoms with Gasteiger partial charge in [-0.2, -0.15) is 15.0 Å². The van der Waals surface area contributed by atoms with Gasteiger partial charge in [0.1, 0.15) is 5.82 Å². The Kier molecular flexibility index (Phi) is 6.26. The highest BCUT2D eigenvalue weighted by molar-refractivity contribution is 6.05. The average Bonchev–Trinajstić information content (AvgIpc) is 3.26. The van der Waals surface area contributed by atoms with Gasteiger partial charge in [0.25, 0.3) is 5.91 Å². The van der Waals surface area contributed by atoms with Crippen molar-refractivity contribution in [3.8, 4) is 0 Å². The lowest BCUT2D eigenvalue weighted by molar-refractivity contribution is 0.102. The number of aryl methyl sites for hydroxylation is 1. The highest BCUT2D eigenvalue weighted by Crippen LogP contribution is 2.24. The van der Waals surface area contributed by atoms with Crippen molar-refractivity contribution >= 4 is 29.2 Å². The molecule has 1 aliphatic carbocycles. The maximum absolute atomic E-state index is 12.5. The Morgan fingerprint density at radius 1 is 0.886 bits per heavy atom. The standard InChI is InChI=1S/C27H27N7O/c1-17-30-26(34-27(31-17)32-22-14-20-6-2-3-7-21(20)15-22)29-16-18-10-12-19(13-11-18)25(35)33-24-9-5-4-8-23(24)28/h2-13,22H,14-16,28H2,1H3,(H,33,35)(H2,29,30,31,32,34). The molecule has 0 saturated carbocycles. The molecule has 0 saturated heterocycles. The highest BCUT2D eigenvalue weighted by Gasteiger charge is 2.21. The molecule has 0 radical (unpaired) electrons. The number of benzene rings is 3. The molecule has 35 heavy (non-hydrogen) atoms. The molecule has 176 valence electrons. The van der Waals surface area contributed by atoms with E-state index in [4.69, 9.17) is 5.73 Å². The number of anilines is 4. The van der Waals surface area contributed by atoms with E-state index < -0.39 is 0 Å². The number of nitrogen functional groups attached to an aromatic ring is 1. The van der Waals surface area contributed by atoms with Crippen LogP contribution < -0.4 is 21.7 Å².